The van der Waals surface area contributed by atoms with E-state index in [0.717, 1.165) is 61.0 Å². The number of fused-ring (bicyclic) bond motifs is 1. The van der Waals surface area contributed by atoms with Crippen molar-refractivity contribution in [1.29, 1.82) is 0 Å². The molecule has 1 fully saturated rings. The molecule has 5 heteroatoms. The number of aldehydes is 1. The predicted molar refractivity (Wildman–Crippen MR) is 105 cm³/mol. The molecule has 4 rings (SSSR count). The summed E-state index contributed by atoms with van der Waals surface area (Å²) in [4.78, 5) is 21.6. The maximum Gasteiger partial charge on any atom is 0.160 e. The van der Waals surface area contributed by atoms with Crippen LogP contribution in [0.15, 0.2) is 41.8 Å². The summed E-state index contributed by atoms with van der Waals surface area (Å²) >= 11 is 1.47. The van der Waals surface area contributed by atoms with Crippen LogP contribution in [0.1, 0.15) is 16.6 Å². The Morgan fingerprint density at radius 2 is 1.96 bits per heavy atom. The number of carbonyl (C=O) groups excluding carboxylic acids is 1. The van der Waals surface area contributed by atoms with Gasteiger partial charge in [0, 0.05) is 42.5 Å². The fraction of sp³-hybridized carbons (Fsp3) is 0.300. The highest BCUT2D eigenvalue weighted by molar-refractivity contribution is 7.12. The molecule has 0 aliphatic carbocycles. The largest absolute Gasteiger partial charge is 0.354 e. The summed E-state index contributed by atoms with van der Waals surface area (Å²) in [7, 11) is 0. The highest BCUT2D eigenvalue weighted by Crippen LogP contribution is 2.32. The molecule has 0 radical (unpaired) electrons. The molecule has 0 unspecified atom stereocenters. The minimum Gasteiger partial charge on any atom is -0.354 e. The second kappa shape index (κ2) is 6.94. The first-order valence-corrected chi connectivity index (χ1v) is 9.57. The molecule has 3 heterocycles. The Morgan fingerprint density at radius 1 is 1.16 bits per heavy atom. The van der Waals surface area contributed by atoms with Crippen LogP contribution in [0.3, 0.4) is 0 Å². The minimum absolute atomic E-state index is 0.739. The first-order valence-electron chi connectivity index (χ1n) is 8.69. The molecule has 3 aromatic rings. The summed E-state index contributed by atoms with van der Waals surface area (Å²) in [5, 5.41) is 4.40. The lowest BCUT2D eigenvalue weighted by molar-refractivity contribution is 0.112. The molecular formula is C20H21N3OS. The van der Waals surface area contributed by atoms with E-state index in [2.05, 4.69) is 47.1 Å². The summed E-state index contributed by atoms with van der Waals surface area (Å²) < 4.78 is 0. The van der Waals surface area contributed by atoms with Crippen molar-refractivity contribution in [3.8, 4) is 11.3 Å². The van der Waals surface area contributed by atoms with Crippen molar-refractivity contribution in [1.82, 2.24) is 9.88 Å². The van der Waals surface area contributed by atoms with Crippen molar-refractivity contribution < 1.29 is 4.79 Å². The zero-order chi connectivity index (χ0) is 17.2. The number of nitrogens with zero attached hydrogens (tertiary/aromatic N) is 3. The zero-order valence-electron chi connectivity index (χ0n) is 14.3. The van der Waals surface area contributed by atoms with Gasteiger partial charge in [-0.25, -0.2) is 4.98 Å². The number of hydrogen-bond donors (Lipinski definition) is 0. The van der Waals surface area contributed by atoms with Crippen LogP contribution in [-0.4, -0.2) is 48.9 Å². The molecule has 0 spiro atoms. The van der Waals surface area contributed by atoms with Crippen LogP contribution in [0, 0.1) is 0 Å². The number of carbonyl (C=O) groups is 1. The summed E-state index contributed by atoms with van der Waals surface area (Å²) in [6, 6.07) is 12.5. The van der Waals surface area contributed by atoms with Crippen LogP contribution in [0.25, 0.3) is 22.0 Å². The number of anilines is 1. The Balaban J connectivity index is 1.78. The molecule has 4 nitrogen and oxygen atoms in total. The third kappa shape index (κ3) is 3.17. The van der Waals surface area contributed by atoms with Gasteiger partial charge in [0.15, 0.2) is 6.29 Å². The second-order valence-electron chi connectivity index (χ2n) is 6.33. The van der Waals surface area contributed by atoms with Crippen molar-refractivity contribution in [2.45, 2.75) is 6.92 Å². The van der Waals surface area contributed by atoms with Crippen molar-refractivity contribution >= 4 is 34.2 Å². The molecule has 1 aromatic carbocycles. The number of rotatable bonds is 4. The Labute approximate surface area is 151 Å². The van der Waals surface area contributed by atoms with Crippen molar-refractivity contribution in [3.05, 3.63) is 46.7 Å². The molecule has 0 amide bonds. The van der Waals surface area contributed by atoms with E-state index in [0.29, 0.717) is 0 Å². The topological polar surface area (TPSA) is 36.4 Å². The monoisotopic (exact) mass is 351 g/mol. The maximum absolute atomic E-state index is 11.0. The third-order valence-corrected chi connectivity index (χ3v) is 5.73. The molecule has 1 aliphatic heterocycles. The number of benzene rings is 1. The number of pyridine rings is 1. The normalized spacial score (nSPS) is 15.6. The summed E-state index contributed by atoms with van der Waals surface area (Å²) in [5.74, 6) is 1.06. The molecule has 128 valence electrons. The molecule has 0 atom stereocenters. The van der Waals surface area contributed by atoms with E-state index < -0.39 is 0 Å². The van der Waals surface area contributed by atoms with Gasteiger partial charge < -0.3 is 9.80 Å². The van der Waals surface area contributed by atoms with Crippen molar-refractivity contribution in [3.63, 3.8) is 0 Å². The average molecular weight is 351 g/mol. The van der Waals surface area contributed by atoms with Crippen LogP contribution in [0.4, 0.5) is 5.82 Å². The Bertz CT molecular complexity index is 897. The lowest BCUT2D eigenvalue weighted by atomic mass is 10.1. The van der Waals surface area contributed by atoms with Gasteiger partial charge in [-0.05, 0) is 24.1 Å². The van der Waals surface area contributed by atoms with Gasteiger partial charge in [0.2, 0.25) is 0 Å². The van der Waals surface area contributed by atoms with Gasteiger partial charge in [-0.3, -0.25) is 4.79 Å². The predicted octanol–water partition coefficient (Wildman–Crippen LogP) is 3.92. The number of thiophene rings is 1. The SMILES string of the molecule is CCN1CCN(c2nc(-c3csc(C=O)c3)cc3ccccc23)CC1. The van der Waals surface area contributed by atoms with Crippen molar-refractivity contribution in [2.24, 2.45) is 0 Å². The number of likely N-dealkylation sites (N-methyl/N-ethyl adjacent to an activating group) is 1. The van der Waals surface area contributed by atoms with Gasteiger partial charge in [0.1, 0.15) is 5.82 Å². The van der Waals surface area contributed by atoms with E-state index in [1.165, 1.54) is 22.1 Å². The highest BCUT2D eigenvalue weighted by atomic mass is 32.1. The standard InChI is InChI=1S/C20H21N3OS/c1-2-22-7-9-23(10-8-22)20-18-6-4-3-5-15(18)12-19(21-20)16-11-17(13-24)25-14-16/h3-6,11-14H,2,7-10H2,1H3. The van der Waals surface area contributed by atoms with E-state index in [1.54, 1.807) is 0 Å². The van der Waals surface area contributed by atoms with Gasteiger partial charge in [-0.15, -0.1) is 11.3 Å². The Kier molecular flexibility index (Phi) is 4.51. The zero-order valence-corrected chi connectivity index (χ0v) is 15.1. The third-order valence-electron chi connectivity index (χ3n) is 4.87. The fourth-order valence-corrected chi connectivity index (χ4v) is 4.10. The maximum atomic E-state index is 11.0. The first-order chi connectivity index (χ1) is 12.3. The summed E-state index contributed by atoms with van der Waals surface area (Å²) in [6.07, 6.45) is 0.903. The van der Waals surface area contributed by atoms with E-state index in [1.807, 2.05) is 11.4 Å². The molecule has 0 bridgehead atoms. The number of aromatic nitrogens is 1. The van der Waals surface area contributed by atoms with E-state index in [-0.39, 0.29) is 0 Å². The molecule has 1 saturated heterocycles. The summed E-state index contributed by atoms with van der Waals surface area (Å²) in [5.41, 5.74) is 1.96. The van der Waals surface area contributed by atoms with Crippen LogP contribution >= 0.6 is 11.3 Å². The number of piperazine rings is 1. The highest BCUT2D eigenvalue weighted by Gasteiger charge is 2.20. The van der Waals surface area contributed by atoms with Crippen molar-refractivity contribution in [2.75, 3.05) is 37.6 Å². The van der Waals surface area contributed by atoms with Crippen LogP contribution in [0.5, 0.6) is 0 Å². The lowest BCUT2D eigenvalue weighted by Crippen LogP contribution is -2.46. The van der Waals surface area contributed by atoms with Gasteiger partial charge in [-0.2, -0.15) is 0 Å². The fourth-order valence-electron chi connectivity index (χ4n) is 3.39. The molecule has 25 heavy (non-hydrogen) atoms. The average Bonchev–Trinajstić information content (AvgIpc) is 3.16. The van der Waals surface area contributed by atoms with Gasteiger partial charge >= 0.3 is 0 Å². The molecular weight excluding hydrogens is 330 g/mol. The van der Waals surface area contributed by atoms with Gasteiger partial charge in [0.05, 0.1) is 10.6 Å². The van der Waals surface area contributed by atoms with Crippen LogP contribution in [0.2, 0.25) is 0 Å². The molecule has 0 saturated carbocycles. The molecule has 1 aliphatic rings. The van der Waals surface area contributed by atoms with Crippen LogP contribution < -0.4 is 4.90 Å². The molecule has 2 aromatic heterocycles. The number of hydrogen-bond acceptors (Lipinski definition) is 5. The smallest absolute Gasteiger partial charge is 0.160 e. The first kappa shape index (κ1) is 16.2. The Hall–Kier alpha value is -2.24. The molecule has 0 N–H and O–H groups in total. The summed E-state index contributed by atoms with van der Waals surface area (Å²) in [6.45, 7) is 7.46. The second-order valence-corrected chi connectivity index (χ2v) is 7.27. The van der Waals surface area contributed by atoms with Gasteiger partial charge in [0.25, 0.3) is 0 Å². The van der Waals surface area contributed by atoms with E-state index >= 15 is 0 Å². The minimum atomic E-state index is 0.739. The Morgan fingerprint density at radius 3 is 2.68 bits per heavy atom. The quantitative estimate of drug-likeness (QED) is 0.668. The van der Waals surface area contributed by atoms with Gasteiger partial charge in [-0.1, -0.05) is 31.2 Å². The van der Waals surface area contributed by atoms with E-state index in [9.17, 15) is 4.79 Å². The van der Waals surface area contributed by atoms with E-state index in [4.69, 9.17) is 4.98 Å². The lowest BCUT2D eigenvalue weighted by Gasteiger charge is -2.35. The van der Waals surface area contributed by atoms with Crippen LogP contribution in [-0.2, 0) is 0 Å².